The number of urea groups is 1. The van der Waals surface area contributed by atoms with Crippen molar-refractivity contribution in [1.29, 1.82) is 0 Å². The molecule has 1 heterocycles. The zero-order valence-electron chi connectivity index (χ0n) is 10.8. The van der Waals surface area contributed by atoms with Crippen LogP contribution in [-0.2, 0) is 4.79 Å². The Bertz CT molecular complexity index is 433. The topological polar surface area (TPSA) is 101 Å². The largest absolute Gasteiger partial charge is 0.481 e. The number of carboxylic acid groups (broad SMARTS) is 1. The second-order valence-electron chi connectivity index (χ2n) is 3.87. The van der Waals surface area contributed by atoms with Crippen LogP contribution in [0.3, 0.4) is 0 Å². The highest BCUT2D eigenvalue weighted by molar-refractivity contribution is 5.89. The van der Waals surface area contributed by atoms with Crippen molar-refractivity contribution < 1.29 is 19.4 Å². The number of pyridine rings is 1. The van der Waals surface area contributed by atoms with E-state index < -0.39 is 17.9 Å². The third-order valence-electron chi connectivity index (χ3n) is 2.55. The van der Waals surface area contributed by atoms with Gasteiger partial charge in [0.1, 0.15) is 0 Å². The van der Waals surface area contributed by atoms with Crippen molar-refractivity contribution in [3.05, 3.63) is 18.3 Å². The summed E-state index contributed by atoms with van der Waals surface area (Å²) in [6.07, 6.45) is 1.91. The first-order chi connectivity index (χ1) is 9.06. The van der Waals surface area contributed by atoms with Gasteiger partial charge in [0.2, 0.25) is 5.88 Å². The van der Waals surface area contributed by atoms with Gasteiger partial charge in [0.15, 0.2) is 0 Å². The van der Waals surface area contributed by atoms with Gasteiger partial charge in [-0.15, -0.1) is 0 Å². The number of carbonyl (C=O) groups is 2. The number of rotatable bonds is 6. The lowest BCUT2D eigenvalue weighted by atomic mass is 10.1. The van der Waals surface area contributed by atoms with E-state index in [0.717, 1.165) is 0 Å². The molecular weight excluding hydrogens is 250 g/mol. The Morgan fingerprint density at radius 2 is 2.21 bits per heavy atom. The standard InChI is InChI=1S/C12H17N3O4/c1-3-8(11(16)17)6-14-12(18)15-9-4-5-10(19-2)13-7-9/h4-5,7-8H,3,6H2,1-2H3,(H,16,17)(H2,14,15,18). The minimum atomic E-state index is -0.922. The van der Waals surface area contributed by atoms with Crippen LogP contribution in [0.25, 0.3) is 0 Å². The van der Waals surface area contributed by atoms with Crippen LogP contribution in [0, 0.1) is 5.92 Å². The molecule has 0 fully saturated rings. The van der Waals surface area contributed by atoms with Crippen molar-refractivity contribution in [3.8, 4) is 5.88 Å². The first-order valence-electron chi connectivity index (χ1n) is 5.84. The Morgan fingerprint density at radius 3 is 2.68 bits per heavy atom. The summed E-state index contributed by atoms with van der Waals surface area (Å²) in [5.74, 6) is -1.06. The molecule has 19 heavy (non-hydrogen) atoms. The maximum atomic E-state index is 11.5. The van der Waals surface area contributed by atoms with Gasteiger partial charge in [0.25, 0.3) is 0 Å². The van der Waals surface area contributed by atoms with Crippen molar-refractivity contribution in [1.82, 2.24) is 10.3 Å². The van der Waals surface area contributed by atoms with Crippen LogP contribution in [-0.4, -0.2) is 35.7 Å². The zero-order chi connectivity index (χ0) is 14.3. The fourth-order valence-electron chi connectivity index (χ4n) is 1.37. The Kier molecular flexibility index (Phi) is 5.59. The Morgan fingerprint density at radius 1 is 1.47 bits per heavy atom. The molecule has 0 radical (unpaired) electrons. The molecular formula is C12H17N3O4. The third-order valence-corrected chi connectivity index (χ3v) is 2.55. The summed E-state index contributed by atoms with van der Waals surface area (Å²) in [7, 11) is 1.50. The van der Waals surface area contributed by atoms with Crippen molar-refractivity contribution in [2.75, 3.05) is 19.0 Å². The van der Waals surface area contributed by atoms with Gasteiger partial charge in [-0.25, -0.2) is 9.78 Å². The maximum absolute atomic E-state index is 11.5. The van der Waals surface area contributed by atoms with Crippen molar-refractivity contribution in [2.45, 2.75) is 13.3 Å². The highest BCUT2D eigenvalue weighted by atomic mass is 16.5. The fraction of sp³-hybridized carbons (Fsp3) is 0.417. The average molecular weight is 267 g/mol. The molecule has 0 aliphatic heterocycles. The maximum Gasteiger partial charge on any atom is 0.319 e. The first-order valence-corrected chi connectivity index (χ1v) is 5.84. The number of carbonyl (C=O) groups excluding carboxylic acids is 1. The van der Waals surface area contributed by atoms with E-state index in [0.29, 0.717) is 18.0 Å². The number of methoxy groups -OCH3 is 1. The molecule has 0 spiro atoms. The number of carboxylic acids is 1. The number of amides is 2. The summed E-state index contributed by atoms with van der Waals surface area (Å²) < 4.78 is 4.89. The summed E-state index contributed by atoms with van der Waals surface area (Å²) in [5, 5.41) is 13.9. The molecule has 0 aliphatic carbocycles. The molecule has 104 valence electrons. The molecule has 0 aromatic carbocycles. The molecule has 1 aromatic heterocycles. The van der Waals surface area contributed by atoms with Gasteiger partial charge in [-0.2, -0.15) is 0 Å². The number of anilines is 1. The van der Waals surface area contributed by atoms with Gasteiger partial charge in [-0.1, -0.05) is 6.92 Å². The lowest BCUT2D eigenvalue weighted by Crippen LogP contribution is -2.35. The van der Waals surface area contributed by atoms with E-state index in [-0.39, 0.29) is 6.54 Å². The molecule has 2 amide bonds. The molecule has 0 bridgehead atoms. The van der Waals surface area contributed by atoms with Gasteiger partial charge < -0.3 is 20.5 Å². The lowest BCUT2D eigenvalue weighted by Gasteiger charge is -2.11. The predicted octanol–water partition coefficient (Wildman–Crippen LogP) is 1.32. The SMILES string of the molecule is CCC(CNC(=O)Nc1ccc(OC)nc1)C(=O)O. The third kappa shape index (κ3) is 4.82. The van der Waals surface area contributed by atoms with E-state index in [2.05, 4.69) is 15.6 Å². The number of hydrogen-bond acceptors (Lipinski definition) is 4. The summed E-state index contributed by atoms with van der Waals surface area (Å²) in [6.45, 7) is 1.84. The molecule has 3 N–H and O–H groups in total. The van der Waals surface area contributed by atoms with Gasteiger partial charge >= 0.3 is 12.0 Å². The second-order valence-corrected chi connectivity index (χ2v) is 3.87. The van der Waals surface area contributed by atoms with Gasteiger partial charge in [-0.3, -0.25) is 4.79 Å². The number of aliphatic carboxylic acids is 1. The average Bonchev–Trinajstić information content (AvgIpc) is 2.40. The normalized spacial score (nSPS) is 11.5. The number of nitrogens with zero attached hydrogens (tertiary/aromatic N) is 1. The highest BCUT2D eigenvalue weighted by Crippen LogP contribution is 2.10. The van der Waals surface area contributed by atoms with E-state index in [1.807, 2.05) is 0 Å². The summed E-state index contributed by atoms with van der Waals surface area (Å²) >= 11 is 0. The quantitative estimate of drug-likeness (QED) is 0.721. The lowest BCUT2D eigenvalue weighted by molar-refractivity contribution is -0.141. The van der Waals surface area contributed by atoms with E-state index in [1.165, 1.54) is 13.3 Å². The van der Waals surface area contributed by atoms with Crippen LogP contribution in [0.2, 0.25) is 0 Å². The minimum absolute atomic E-state index is 0.0846. The second kappa shape index (κ2) is 7.20. The van der Waals surface area contributed by atoms with Crippen molar-refractivity contribution >= 4 is 17.7 Å². The van der Waals surface area contributed by atoms with Crippen LogP contribution in [0.15, 0.2) is 18.3 Å². The molecule has 7 heteroatoms. The van der Waals surface area contributed by atoms with Crippen LogP contribution in [0.5, 0.6) is 5.88 Å². The van der Waals surface area contributed by atoms with E-state index in [1.54, 1.807) is 19.1 Å². The monoisotopic (exact) mass is 267 g/mol. The van der Waals surface area contributed by atoms with Crippen LogP contribution in [0.4, 0.5) is 10.5 Å². The van der Waals surface area contributed by atoms with Crippen molar-refractivity contribution in [3.63, 3.8) is 0 Å². The molecule has 0 saturated carbocycles. The molecule has 1 rings (SSSR count). The first kappa shape index (κ1) is 14.7. The van der Waals surface area contributed by atoms with Crippen molar-refractivity contribution in [2.24, 2.45) is 5.92 Å². The Labute approximate surface area is 111 Å². The minimum Gasteiger partial charge on any atom is -0.481 e. The molecule has 1 aromatic rings. The molecule has 1 atom stereocenters. The van der Waals surface area contributed by atoms with Crippen LogP contribution in [0.1, 0.15) is 13.3 Å². The number of hydrogen-bond donors (Lipinski definition) is 3. The van der Waals surface area contributed by atoms with Crippen LogP contribution < -0.4 is 15.4 Å². The van der Waals surface area contributed by atoms with E-state index >= 15 is 0 Å². The van der Waals surface area contributed by atoms with E-state index in [4.69, 9.17) is 9.84 Å². The Hall–Kier alpha value is -2.31. The number of ether oxygens (including phenoxy) is 1. The fourth-order valence-corrected chi connectivity index (χ4v) is 1.37. The molecule has 1 unspecified atom stereocenters. The summed E-state index contributed by atoms with van der Waals surface area (Å²) in [4.78, 5) is 26.2. The number of nitrogens with one attached hydrogen (secondary N) is 2. The summed E-state index contributed by atoms with van der Waals surface area (Å²) in [6, 6.07) is 2.79. The summed E-state index contributed by atoms with van der Waals surface area (Å²) in [5.41, 5.74) is 0.502. The smallest absolute Gasteiger partial charge is 0.319 e. The van der Waals surface area contributed by atoms with Crippen LogP contribution >= 0.6 is 0 Å². The zero-order valence-corrected chi connectivity index (χ0v) is 10.8. The van der Waals surface area contributed by atoms with Gasteiger partial charge in [0, 0.05) is 12.6 Å². The Balaban J connectivity index is 2.44. The molecule has 0 aliphatic rings. The molecule has 0 saturated heterocycles. The van der Waals surface area contributed by atoms with Gasteiger partial charge in [-0.05, 0) is 12.5 Å². The number of aromatic nitrogens is 1. The van der Waals surface area contributed by atoms with E-state index in [9.17, 15) is 9.59 Å². The highest BCUT2D eigenvalue weighted by Gasteiger charge is 2.15. The van der Waals surface area contributed by atoms with Gasteiger partial charge in [0.05, 0.1) is 24.9 Å². The molecule has 7 nitrogen and oxygen atoms in total. The predicted molar refractivity (Wildman–Crippen MR) is 69.2 cm³/mol.